The third kappa shape index (κ3) is 4.38. The fourth-order valence-corrected chi connectivity index (χ4v) is 5.47. The van der Waals surface area contributed by atoms with Crippen molar-refractivity contribution in [1.82, 2.24) is 9.55 Å². The van der Waals surface area contributed by atoms with Gasteiger partial charge in [0.1, 0.15) is 18.0 Å². The number of benzene rings is 2. The monoisotopic (exact) mass is 445 g/mol. The van der Waals surface area contributed by atoms with Gasteiger partial charge < -0.3 is 14.2 Å². The van der Waals surface area contributed by atoms with Gasteiger partial charge in [-0.15, -0.1) is 0 Å². The standard InChI is InChI=1S/C28H35N3O2/c1-18-8-7-9-22(16-18)33-28(32)26(20-12-13-20)31-25-11-6-5-10-23(25)29-27(31)21-14-15-24(30(3)4)19(2)17-21/h5-6,10-11,14-15,17-18,20,22,26H,7-9,12-13,16H2,1-4H3. The lowest BCUT2D eigenvalue weighted by Gasteiger charge is -2.29. The second kappa shape index (κ2) is 8.85. The van der Waals surface area contributed by atoms with Gasteiger partial charge in [0.05, 0.1) is 11.0 Å². The summed E-state index contributed by atoms with van der Waals surface area (Å²) in [7, 11) is 4.12. The van der Waals surface area contributed by atoms with Gasteiger partial charge in [0.2, 0.25) is 0 Å². The van der Waals surface area contributed by atoms with E-state index in [-0.39, 0.29) is 18.1 Å². The third-order valence-electron chi connectivity index (χ3n) is 7.29. The van der Waals surface area contributed by atoms with Gasteiger partial charge >= 0.3 is 5.97 Å². The Morgan fingerprint density at radius 2 is 1.91 bits per heavy atom. The average molecular weight is 446 g/mol. The van der Waals surface area contributed by atoms with Gasteiger partial charge in [-0.2, -0.15) is 0 Å². The van der Waals surface area contributed by atoms with E-state index in [9.17, 15) is 4.79 Å². The van der Waals surface area contributed by atoms with Crippen LogP contribution in [0.4, 0.5) is 5.69 Å². The van der Waals surface area contributed by atoms with Crippen molar-refractivity contribution in [2.75, 3.05) is 19.0 Å². The number of aromatic nitrogens is 2. The molecule has 5 nitrogen and oxygen atoms in total. The second-order valence-electron chi connectivity index (χ2n) is 10.3. The Hall–Kier alpha value is -2.82. The van der Waals surface area contributed by atoms with Crippen LogP contribution >= 0.6 is 0 Å². The van der Waals surface area contributed by atoms with Crippen molar-refractivity contribution in [3.05, 3.63) is 48.0 Å². The quantitative estimate of drug-likeness (QED) is 0.427. The Balaban J connectivity index is 1.57. The summed E-state index contributed by atoms with van der Waals surface area (Å²) in [6.07, 6.45) is 6.50. The molecule has 2 saturated carbocycles. The Morgan fingerprint density at radius 3 is 2.61 bits per heavy atom. The molecule has 2 aliphatic carbocycles. The highest BCUT2D eigenvalue weighted by molar-refractivity contribution is 5.85. The minimum Gasteiger partial charge on any atom is -0.461 e. The fourth-order valence-electron chi connectivity index (χ4n) is 5.47. The lowest BCUT2D eigenvalue weighted by Crippen LogP contribution is -2.31. The third-order valence-corrected chi connectivity index (χ3v) is 7.29. The average Bonchev–Trinajstić information content (AvgIpc) is 3.54. The van der Waals surface area contributed by atoms with E-state index < -0.39 is 0 Å². The number of hydrogen-bond donors (Lipinski definition) is 0. The summed E-state index contributed by atoms with van der Waals surface area (Å²) in [5.41, 5.74) is 5.35. The zero-order valence-corrected chi connectivity index (χ0v) is 20.3. The van der Waals surface area contributed by atoms with Gasteiger partial charge in [-0.1, -0.05) is 25.5 Å². The van der Waals surface area contributed by atoms with Crippen molar-refractivity contribution in [3.63, 3.8) is 0 Å². The molecule has 33 heavy (non-hydrogen) atoms. The fraction of sp³-hybridized carbons (Fsp3) is 0.500. The first-order valence-corrected chi connectivity index (χ1v) is 12.4. The maximum absolute atomic E-state index is 13.7. The van der Waals surface area contributed by atoms with E-state index in [4.69, 9.17) is 9.72 Å². The van der Waals surface area contributed by atoms with Crippen LogP contribution in [0, 0.1) is 18.8 Å². The zero-order valence-electron chi connectivity index (χ0n) is 20.3. The number of carbonyl (C=O) groups is 1. The van der Waals surface area contributed by atoms with Crippen molar-refractivity contribution >= 4 is 22.7 Å². The Kier molecular flexibility index (Phi) is 5.90. The molecule has 0 aliphatic heterocycles. The molecule has 0 bridgehead atoms. The van der Waals surface area contributed by atoms with Gasteiger partial charge in [-0.25, -0.2) is 9.78 Å². The molecule has 174 valence electrons. The molecule has 0 radical (unpaired) electrons. The lowest BCUT2D eigenvalue weighted by molar-refractivity contribution is -0.156. The number of rotatable bonds is 6. The normalized spacial score (nSPS) is 21.7. The SMILES string of the molecule is Cc1cc(-c2nc3ccccc3n2C(C(=O)OC2CCCC(C)C2)C2CC2)ccc1N(C)C. The number of fused-ring (bicyclic) bond motifs is 1. The predicted molar refractivity (Wildman–Crippen MR) is 134 cm³/mol. The van der Waals surface area contributed by atoms with Gasteiger partial charge in [0.25, 0.3) is 0 Å². The molecule has 0 spiro atoms. The number of hydrogen-bond acceptors (Lipinski definition) is 4. The van der Waals surface area contributed by atoms with Gasteiger partial charge in [-0.05, 0) is 86.8 Å². The molecule has 2 aromatic carbocycles. The predicted octanol–water partition coefficient (Wildman–Crippen LogP) is 6.15. The number of anilines is 1. The van der Waals surface area contributed by atoms with E-state index in [1.54, 1.807) is 0 Å². The van der Waals surface area contributed by atoms with Gasteiger partial charge in [0, 0.05) is 25.3 Å². The van der Waals surface area contributed by atoms with Crippen LogP contribution < -0.4 is 4.90 Å². The summed E-state index contributed by atoms with van der Waals surface area (Å²) < 4.78 is 8.34. The second-order valence-corrected chi connectivity index (χ2v) is 10.3. The van der Waals surface area contributed by atoms with Crippen LogP contribution in [0.2, 0.25) is 0 Å². The van der Waals surface area contributed by atoms with E-state index in [0.717, 1.165) is 54.5 Å². The summed E-state index contributed by atoms with van der Waals surface area (Å²) >= 11 is 0. The van der Waals surface area contributed by atoms with Gasteiger partial charge in [0.15, 0.2) is 0 Å². The van der Waals surface area contributed by atoms with Crippen LogP contribution in [-0.4, -0.2) is 35.7 Å². The molecule has 2 aliphatic rings. The van der Waals surface area contributed by atoms with Gasteiger partial charge in [-0.3, -0.25) is 0 Å². The maximum atomic E-state index is 13.7. The van der Waals surface area contributed by atoms with Crippen LogP contribution in [0.15, 0.2) is 42.5 Å². The number of nitrogens with zero attached hydrogens (tertiary/aromatic N) is 3. The van der Waals surface area contributed by atoms with Crippen LogP contribution in [0.3, 0.4) is 0 Å². The molecule has 0 N–H and O–H groups in total. The van der Waals surface area contributed by atoms with Crippen LogP contribution in [-0.2, 0) is 9.53 Å². The van der Waals surface area contributed by atoms with Crippen molar-refractivity contribution in [2.24, 2.45) is 11.8 Å². The van der Waals surface area contributed by atoms with Crippen molar-refractivity contribution in [3.8, 4) is 11.4 Å². The first-order chi connectivity index (χ1) is 15.9. The van der Waals surface area contributed by atoms with Crippen LogP contribution in [0.1, 0.15) is 57.1 Å². The molecule has 2 fully saturated rings. The van der Waals surface area contributed by atoms with E-state index in [0.29, 0.717) is 11.8 Å². The molecular formula is C28H35N3O2. The number of imidazole rings is 1. The molecule has 5 heteroatoms. The Bertz CT molecular complexity index is 1160. The molecule has 0 saturated heterocycles. The molecule has 0 amide bonds. The summed E-state index contributed by atoms with van der Waals surface area (Å²) in [5, 5.41) is 0. The van der Waals surface area contributed by atoms with E-state index in [1.165, 1.54) is 17.7 Å². The number of aryl methyl sites for hydroxylation is 1. The highest BCUT2D eigenvalue weighted by Gasteiger charge is 2.41. The minimum atomic E-state index is -0.321. The topological polar surface area (TPSA) is 47.4 Å². The van der Waals surface area contributed by atoms with Crippen molar-refractivity contribution in [1.29, 1.82) is 0 Å². The highest BCUT2D eigenvalue weighted by Crippen LogP contribution is 2.44. The van der Waals surface area contributed by atoms with Crippen LogP contribution in [0.25, 0.3) is 22.4 Å². The van der Waals surface area contributed by atoms with Crippen LogP contribution in [0.5, 0.6) is 0 Å². The molecule has 3 atom stereocenters. The van der Waals surface area contributed by atoms with E-state index in [2.05, 4.69) is 61.7 Å². The largest absolute Gasteiger partial charge is 0.461 e. The molecular weight excluding hydrogens is 410 g/mol. The molecule has 5 rings (SSSR count). The number of esters is 1. The van der Waals surface area contributed by atoms with Crippen molar-refractivity contribution < 1.29 is 9.53 Å². The first-order valence-electron chi connectivity index (χ1n) is 12.4. The molecule has 1 heterocycles. The highest BCUT2D eigenvalue weighted by atomic mass is 16.5. The van der Waals surface area contributed by atoms with Crippen molar-refractivity contribution in [2.45, 2.75) is 64.5 Å². The number of ether oxygens (including phenoxy) is 1. The lowest BCUT2D eigenvalue weighted by atomic mass is 9.88. The van der Waals surface area contributed by atoms with E-state index >= 15 is 0 Å². The summed E-state index contributed by atoms with van der Waals surface area (Å²) in [6.45, 7) is 4.39. The first kappa shape index (κ1) is 22.0. The smallest absolute Gasteiger partial charge is 0.329 e. The maximum Gasteiger partial charge on any atom is 0.329 e. The zero-order chi connectivity index (χ0) is 23.1. The van der Waals surface area contributed by atoms with E-state index in [1.807, 2.05) is 18.2 Å². The number of para-hydroxylation sites is 2. The summed E-state index contributed by atoms with van der Waals surface area (Å²) in [4.78, 5) is 20.8. The summed E-state index contributed by atoms with van der Waals surface area (Å²) in [5.74, 6) is 1.72. The number of carbonyl (C=O) groups excluding carboxylic acids is 1. The Labute approximate surface area is 196 Å². The molecule has 3 unspecified atom stereocenters. The molecule has 3 aromatic rings. The molecule has 1 aromatic heterocycles. The minimum absolute atomic E-state index is 0.0438. The Morgan fingerprint density at radius 1 is 1.12 bits per heavy atom. The summed E-state index contributed by atoms with van der Waals surface area (Å²) in [6, 6.07) is 14.3.